The number of aliphatic hydroxyl groups is 2. The van der Waals surface area contributed by atoms with Crippen LogP contribution in [0.5, 0.6) is 0 Å². The molecule has 0 amide bonds. The largest absolute Gasteiger partial charge is 0.396 e. The second-order valence-electron chi connectivity index (χ2n) is 9.46. The smallest absolute Gasteiger partial charge is 0.0606 e. The molecule has 156 valence electrons. The molecule has 0 bridgehead atoms. The van der Waals surface area contributed by atoms with Crippen molar-refractivity contribution in [2.75, 3.05) is 6.61 Å². The van der Waals surface area contributed by atoms with Gasteiger partial charge in [-0.05, 0) is 67.3 Å². The molecule has 0 spiro atoms. The Morgan fingerprint density at radius 1 is 1.14 bits per heavy atom. The van der Waals surface area contributed by atoms with Gasteiger partial charge in [-0.2, -0.15) is 0 Å². The first-order valence-electron chi connectivity index (χ1n) is 10.9. The highest BCUT2D eigenvalue weighted by Gasteiger charge is 2.33. The first kappa shape index (κ1) is 22.9. The quantitative estimate of drug-likeness (QED) is 0.477. The third-order valence-corrected chi connectivity index (χ3v) is 6.98. The first-order valence-corrected chi connectivity index (χ1v) is 10.9. The Kier molecular flexibility index (Phi) is 8.52. The molecule has 0 heterocycles. The summed E-state index contributed by atoms with van der Waals surface area (Å²) < 4.78 is 0. The number of hydrogen-bond donors (Lipinski definition) is 2. The number of hydrogen-bond acceptors (Lipinski definition) is 2. The van der Waals surface area contributed by atoms with E-state index in [0.717, 1.165) is 25.7 Å². The predicted molar refractivity (Wildman–Crippen MR) is 119 cm³/mol. The Labute approximate surface area is 172 Å². The fourth-order valence-electron chi connectivity index (χ4n) is 4.33. The van der Waals surface area contributed by atoms with Crippen LogP contribution < -0.4 is 0 Å². The van der Waals surface area contributed by atoms with Crippen LogP contribution in [0.1, 0.15) is 71.8 Å². The fraction of sp³-hybridized carbons (Fsp3) is 0.615. The SMILES string of the molecule is CC1=CCC(C=CC(C)C(O)CC(CC(C)CCO)c2ccccc2)C1(C)C. The highest BCUT2D eigenvalue weighted by atomic mass is 16.3. The Hall–Kier alpha value is -1.38. The van der Waals surface area contributed by atoms with Crippen LogP contribution in [0.4, 0.5) is 0 Å². The predicted octanol–water partition coefficient (Wildman–Crippen LogP) is 6.11. The molecule has 5 atom stereocenters. The molecular formula is C26H40O2. The minimum absolute atomic E-state index is 0.135. The standard InChI is InChI=1S/C26H40O2/c1-19(15-16-27)17-23(22-9-7-6-8-10-22)18-25(28)20(2)11-13-24-14-12-21(3)26(24,4)5/h6-13,19-20,23-25,27-28H,14-18H2,1-5H3. The van der Waals surface area contributed by atoms with Crippen LogP contribution in [-0.4, -0.2) is 22.9 Å². The maximum absolute atomic E-state index is 10.9. The van der Waals surface area contributed by atoms with Gasteiger partial charge in [0.2, 0.25) is 0 Å². The van der Waals surface area contributed by atoms with Gasteiger partial charge in [0.25, 0.3) is 0 Å². The van der Waals surface area contributed by atoms with Crippen LogP contribution in [0, 0.1) is 23.2 Å². The van der Waals surface area contributed by atoms with Gasteiger partial charge < -0.3 is 10.2 Å². The minimum Gasteiger partial charge on any atom is -0.396 e. The topological polar surface area (TPSA) is 40.5 Å². The molecular weight excluding hydrogens is 344 g/mol. The van der Waals surface area contributed by atoms with Crippen molar-refractivity contribution in [2.45, 2.75) is 72.3 Å². The van der Waals surface area contributed by atoms with Crippen molar-refractivity contribution in [3.05, 3.63) is 59.7 Å². The van der Waals surface area contributed by atoms with E-state index in [4.69, 9.17) is 0 Å². The van der Waals surface area contributed by atoms with Crippen LogP contribution in [0.3, 0.4) is 0 Å². The van der Waals surface area contributed by atoms with Crippen molar-refractivity contribution in [3.63, 3.8) is 0 Å². The highest BCUT2D eigenvalue weighted by molar-refractivity contribution is 5.22. The van der Waals surface area contributed by atoms with E-state index in [0.29, 0.717) is 17.8 Å². The minimum atomic E-state index is -0.360. The van der Waals surface area contributed by atoms with Gasteiger partial charge in [0.1, 0.15) is 0 Å². The monoisotopic (exact) mass is 384 g/mol. The molecule has 1 aliphatic rings. The molecule has 0 fully saturated rings. The Morgan fingerprint density at radius 3 is 2.39 bits per heavy atom. The van der Waals surface area contributed by atoms with Crippen molar-refractivity contribution in [1.82, 2.24) is 0 Å². The summed E-state index contributed by atoms with van der Waals surface area (Å²) >= 11 is 0. The maximum Gasteiger partial charge on any atom is 0.0606 e. The van der Waals surface area contributed by atoms with Crippen LogP contribution >= 0.6 is 0 Å². The summed E-state index contributed by atoms with van der Waals surface area (Å²) in [4.78, 5) is 0. The number of rotatable bonds is 10. The molecule has 0 aromatic heterocycles. The van der Waals surface area contributed by atoms with Gasteiger partial charge >= 0.3 is 0 Å². The summed E-state index contributed by atoms with van der Waals surface area (Å²) in [6, 6.07) is 10.5. The van der Waals surface area contributed by atoms with Crippen molar-refractivity contribution in [3.8, 4) is 0 Å². The molecule has 2 heteroatoms. The average molecular weight is 385 g/mol. The van der Waals surface area contributed by atoms with E-state index >= 15 is 0 Å². The lowest BCUT2D eigenvalue weighted by molar-refractivity contribution is 0.114. The molecule has 5 unspecified atom stereocenters. The van der Waals surface area contributed by atoms with Crippen molar-refractivity contribution in [1.29, 1.82) is 0 Å². The second-order valence-corrected chi connectivity index (χ2v) is 9.46. The molecule has 1 aromatic rings. The van der Waals surface area contributed by atoms with Gasteiger partial charge in [0, 0.05) is 6.61 Å². The highest BCUT2D eigenvalue weighted by Crippen LogP contribution is 2.43. The van der Waals surface area contributed by atoms with Crippen LogP contribution in [0.2, 0.25) is 0 Å². The average Bonchev–Trinajstić information content (AvgIpc) is 2.92. The lowest BCUT2D eigenvalue weighted by Crippen LogP contribution is -2.22. The Balaban J connectivity index is 2.01. The lowest BCUT2D eigenvalue weighted by Gasteiger charge is -2.28. The zero-order valence-electron chi connectivity index (χ0n) is 18.4. The molecule has 0 radical (unpaired) electrons. The van der Waals surface area contributed by atoms with Crippen molar-refractivity contribution in [2.24, 2.45) is 23.2 Å². The summed E-state index contributed by atoms with van der Waals surface area (Å²) in [5.74, 6) is 1.43. The first-order chi connectivity index (χ1) is 13.3. The lowest BCUT2D eigenvalue weighted by atomic mass is 9.77. The van der Waals surface area contributed by atoms with E-state index in [1.165, 1.54) is 11.1 Å². The van der Waals surface area contributed by atoms with Crippen molar-refractivity contribution >= 4 is 0 Å². The molecule has 0 aliphatic heterocycles. The molecule has 0 saturated carbocycles. The van der Waals surface area contributed by atoms with Gasteiger partial charge in [0.15, 0.2) is 0 Å². The van der Waals surface area contributed by atoms with E-state index in [1.807, 2.05) is 6.07 Å². The van der Waals surface area contributed by atoms with Gasteiger partial charge in [0.05, 0.1) is 6.10 Å². The van der Waals surface area contributed by atoms with E-state index in [1.54, 1.807) is 0 Å². The zero-order valence-corrected chi connectivity index (χ0v) is 18.4. The van der Waals surface area contributed by atoms with Crippen molar-refractivity contribution < 1.29 is 10.2 Å². The van der Waals surface area contributed by atoms with E-state index in [2.05, 4.69) is 77.1 Å². The van der Waals surface area contributed by atoms with E-state index in [9.17, 15) is 10.2 Å². The molecule has 2 nitrogen and oxygen atoms in total. The summed E-state index contributed by atoms with van der Waals surface area (Å²) in [5, 5.41) is 20.2. The van der Waals surface area contributed by atoms with Crippen LogP contribution in [0.25, 0.3) is 0 Å². The fourth-order valence-corrected chi connectivity index (χ4v) is 4.33. The number of aliphatic hydroxyl groups excluding tert-OH is 2. The van der Waals surface area contributed by atoms with Crippen LogP contribution in [-0.2, 0) is 0 Å². The molecule has 0 saturated heterocycles. The van der Waals surface area contributed by atoms with E-state index < -0.39 is 0 Å². The molecule has 2 N–H and O–H groups in total. The molecule has 1 aliphatic carbocycles. The van der Waals surface area contributed by atoms with Crippen LogP contribution in [0.15, 0.2) is 54.1 Å². The number of allylic oxidation sites excluding steroid dienone is 3. The number of benzene rings is 1. The Bertz CT molecular complexity index is 644. The second kappa shape index (κ2) is 10.4. The summed E-state index contributed by atoms with van der Waals surface area (Å²) in [6.07, 6.45) is 10.2. The third kappa shape index (κ3) is 6.06. The summed E-state index contributed by atoms with van der Waals surface area (Å²) in [6.45, 7) is 11.4. The summed E-state index contributed by atoms with van der Waals surface area (Å²) in [7, 11) is 0. The summed E-state index contributed by atoms with van der Waals surface area (Å²) in [5.41, 5.74) is 2.98. The maximum atomic E-state index is 10.9. The normalized spacial score (nSPS) is 23.4. The molecule has 1 aromatic carbocycles. The van der Waals surface area contributed by atoms with Gasteiger partial charge in [-0.3, -0.25) is 0 Å². The molecule has 28 heavy (non-hydrogen) atoms. The van der Waals surface area contributed by atoms with Gasteiger partial charge in [-0.1, -0.05) is 81.8 Å². The zero-order chi connectivity index (χ0) is 20.7. The van der Waals surface area contributed by atoms with E-state index in [-0.39, 0.29) is 24.0 Å². The third-order valence-electron chi connectivity index (χ3n) is 6.98. The van der Waals surface area contributed by atoms with Gasteiger partial charge in [-0.15, -0.1) is 0 Å². The molecule has 2 rings (SSSR count). The Morgan fingerprint density at radius 2 is 1.82 bits per heavy atom. The van der Waals surface area contributed by atoms with Gasteiger partial charge in [-0.25, -0.2) is 0 Å².